The molecule has 0 saturated carbocycles. The average molecular weight is 270 g/mol. The van der Waals surface area contributed by atoms with E-state index in [9.17, 15) is 15.0 Å². The zero-order chi connectivity index (χ0) is 14.5. The van der Waals surface area contributed by atoms with Crippen LogP contribution < -0.4 is 0 Å². The molecule has 1 atom stereocenters. The van der Waals surface area contributed by atoms with E-state index in [4.69, 9.17) is 0 Å². The zero-order valence-corrected chi connectivity index (χ0v) is 11.4. The van der Waals surface area contributed by atoms with Crippen LogP contribution in [0, 0.1) is 0 Å². The third-order valence-electron chi connectivity index (χ3n) is 3.44. The number of carbonyl (C=O) groups is 1. The first-order valence-corrected chi connectivity index (χ1v) is 6.69. The molecule has 2 N–H and O–H groups in total. The van der Waals surface area contributed by atoms with Gasteiger partial charge in [0.1, 0.15) is 5.75 Å². The Hall–Kier alpha value is -2.29. The lowest BCUT2D eigenvalue weighted by Crippen LogP contribution is -2.14. The molecule has 0 amide bonds. The Labute approximate surface area is 118 Å². The van der Waals surface area contributed by atoms with Crippen LogP contribution >= 0.6 is 0 Å². The van der Waals surface area contributed by atoms with Gasteiger partial charge in [-0.1, -0.05) is 43.3 Å². The van der Waals surface area contributed by atoms with Gasteiger partial charge in [-0.15, -0.1) is 0 Å². The number of aromatic hydroxyl groups is 1. The van der Waals surface area contributed by atoms with Crippen LogP contribution in [0.3, 0.4) is 0 Å². The molecule has 3 heteroatoms. The first-order chi connectivity index (χ1) is 9.60. The van der Waals surface area contributed by atoms with Gasteiger partial charge < -0.3 is 10.2 Å². The first-order valence-electron chi connectivity index (χ1n) is 6.69. The van der Waals surface area contributed by atoms with E-state index in [-0.39, 0.29) is 5.75 Å². The van der Waals surface area contributed by atoms with Crippen LogP contribution in [0.2, 0.25) is 0 Å². The van der Waals surface area contributed by atoms with Crippen LogP contribution in [0.1, 0.15) is 29.5 Å². The lowest BCUT2D eigenvalue weighted by atomic mass is 9.91. The molecule has 3 nitrogen and oxygen atoms in total. The van der Waals surface area contributed by atoms with E-state index in [0.29, 0.717) is 12.0 Å². The Kier molecular flexibility index (Phi) is 4.41. The van der Waals surface area contributed by atoms with E-state index in [1.165, 1.54) is 11.6 Å². The summed E-state index contributed by atoms with van der Waals surface area (Å²) in [4.78, 5) is 11.5. The van der Waals surface area contributed by atoms with Crippen LogP contribution in [0.25, 0.3) is 0 Å². The molecule has 2 aromatic carbocycles. The minimum absolute atomic E-state index is 0.0927. The van der Waals surface area contributed by atoms with Crippen molar-refractivity contribution in [1.82, 2.24) is 0 Å². The van der Waals surface area contributed by atoms with Gasteiger partial charge in [0.2, 0.25) is 0 Å². The lowest BCUT2D eigenvalue weighted by Gasteiger charge is -2.13. The van der Waals surface area contributed by atoms with Crippen LogP contribution in [-0.2, 0) is 17.6 Å². The second kappa shape index (κ2) is 6.24. The van der Waals surface area contributed by atoms with Crippen molar-refractivity contribution in [2.75, 3.05) is 0 Å². The van der Waals surface area contributed by atoms with E-state index in [0.717, 1.165) is 12.0 Å². The van der Waals surface area contributed by atoms with Crippen LogP contribution in [0.15, 0.2) is 48.5 Å². The van der Waals surface area contributed by atoms with Crippen LogP contribution in [-0.4, -0.2) is 16.2 Å². The van der Waals surface area contributed by atoms with Crippen LogP contribution in [0.4, 0.5) is 0 Å². The number of phenolic OH excluding ortho intramolecular Hbond substituents is 1. The SMILES string of the molecule is CCc1ccc(CC(C(=O)O)c2cccc(O)c2)cc1. The highest BCUT2D eigenvalue weighted by Gasteiger charge is 2.20. The summed E-state index contributed by atoms with van der Waals surface area (Å²) >= 11 is 0. The van der Waals surface area contributed by atoms with E-state index >= 15 is 0 Å². The van der Waals surface area contributed by atoms with Crippen molar-refractivity contribution in [3.8, 4) is 5.75 Å². The number of carboxylic acid groups (broad SMARTS) is 1. The number of hydrogen-bond acceptors (Lipinski definition) is 2. The summed E-state index contributed by atoms with van der Waals surface area (Å²) in [5, 5.41) is 18.9. The fourth-order valence-electron chi connectivity index (χ4n) is 2.24. The van der Waals surface area contributed by atoms with Gasteiger partial charge in [0.05, 0.1) is 5.92 Å². The normalized spacial score (nSPS) is 12.1. The topological polar surface area (TPSA) is 57.5 Å². The monoisotopic (exact) mass is 270 g/mol. The summed E-state index contributed by atoms with van der Waals surface area (Å²) in [6.07, 6.45) is 1.39. The summed E-state index contributed by atoms with van der Waals surface area (Å²) < 4.78 is 0. The molecule has 0 spiro atoms. The highest BCUT2D eigenvalue weighted by Crippen LogP contribution is 2.24. The average Bonchev–Trinajstić information content (AvgIpc) is 2.45. The third kappa shape index (κ3) is 3.38. The fraction of sp³-hybridized carbons (Fsp3) is 0.235. The highest BCUT2D eigenvalue weighted by atomic mass is 16.4. The molecule has 0 bridgehead atoms. The van der Waals surface area contributed by atoms with Crippen molar-refractivity contribution in [2.24, 2.45) is 0 Å². The van der Waals surface area contributed by atoms with Crippen molar-refractivity contribution >= 4 is 5.97 Å². The number of carboxylic acids is 1. The van der Waals surface area contributed by atoms with Gasteiger partial charge in [-0.05, 0) is 41.7 Å². The molecule has 0 aromatic heterocycles. The molecular formula is C17H18O3. The number of aliphatic carboxylic acids is 1. The summed E-state index contributed by atoms with van der Waals surface area (Å²) in [5.41, 5.74) is 2.84. The van der Waals surface area contributed by atoms with Gasteiger partial charge in [0, 0.05) is 0 Å². The second-order valence-electron chi connectivity index (χ2n) is 4.86. The molecule has 0 aliphatic heterocycles. The molecular weight excluding hydrogens is 252 g/mol. The first kappa shape index (κ1) is 14.1. The molecule has 0 radical (unpaired) electrons. The minimum Gasteiger partial charge on any atom is -0.508 e. The minimum atomic E-state index is -0.879. The van der Waals surface area contributed by atoms with Crippen molar-refractivity contribution in [3.05, 3.63) is 65.2 Å². The van der Waals surface area contributed by atoms with Crippen molar-refractivity contribution < 1.29 is 15.0 Å². The molecule has 104 valence electrons. The van der Waals surface area contributed by atoms with Gasteiger partial charge in [-0.2, -0.15) is 0 Å². The quantitative estimate of drug-likeness (QED) is 0.875. The summed E-state index contributed by atoms with van der Waals surface area (Å²) in [7, 11) is 0. The van der Waals surface area contributed by atoms with Gasteiger partial charge in [-0.3, -0.25) is 4.79 Å². The predicted octanol–water partition coefficient (Wildman–Crippen LogP) is 3.37. The standard InChI is InChI=1S/C17H18O3/c1-2-12-6-8-13(9-7-12)10-16(17(19)20)14-4-3-5-15(18)11-14/h3-9,11,16,18H,2,10H2,1H3,(H,19,20). The Morgan fingerprint density at radius 2 is 1.75 bits per heavy atom. The summed E-state index contributed by atoms with van der Waals surface area (Å²) in [5.74, 6) is -1.43. The van der Waals surface area contributed by atoms with Crippen molar-refractivity contribution in [1.29, 1.82) is 0 Å². The van der Waals surface area contributed by atoms with Crippen molar-refractivity contribution in [3.63, 3.8) is 0 Å². The summed E-state index contributed by atoms with van der Waals surface area (Å²) in [6, 6.07) is 14.4. The van der Waals surface area contributed by atoms with E-state index in [1.54, 1.807) is 18.2 Å². The number of aryl methyl sites for hydroxylation is 1. The molecule has 2 rings (SSSR count). The maximum Gasteiger partial charge on any atom is 0.311 e. The van der Waals surface area contributed by atoms with Gasteiger partial charge in [0.25, 0.3) is 0 Å². The Morgan fingerprint density at radius 1 is 1.10 bits per heavy atom. The molecule has 20 heavy (non-hydrogen) atoms. The number of rotatable bonds is 5. The van der Waals surface area contributed by atoms with Crippen molar-refractivity contribution in [2.45, 2.75) is 25.7 Å². The maximum atomic E-state index is 11.5. The maximum absolute atomic E-state index is 11.5. The molecule has 1 unspecified atom stereocenters. The summed E-state index contributed by atoms with van der Waals surface area (Å²) in [6.45, 7) is 2.09. The molecule has 0 fully saturated rings. The van der Waals surface area contributed by atoms with Gasteiger partial charge in [-0.25, -0.2) is 0 Å². The smallest absolute Gasteiger partial charge is 0.311 e. The Bertz CT molecular complexity index is 587. The van der Waals surface area contributed by atoms with Crippen LogP contribution in [0.5, 0.6) is 5.75 Å². The number of hydrogen-bond donors (Lipinski definition) is 2. The highest BCUT2D eigenvalue weighted by molar-refractivity contribution is 5.76. The van der Waals surface area contributed by atoms with Gasteiger partial charge in [0.15, 0.2) is 0 Å². The molecule has 0 aliphatic carbocycles. The van der Waals surface area contributed by atoms with E-state index in [1.807, 2.05) is 24.3 Å². The zero-order valence-electron chi connectivity index (χ0n) is 11.4. The molecule has 0 saturated heterocycles. The Balaban J connectivity index is 2.23. The molecule has 2 aromatic rings. The number of benzene rings is 2. The second-order valence-corrected chi connectivity index (χ2v) is 4.86. The van der Waals surface area contributed by atoms with E-state index < -0.39 is 11.9 Å². The molecule has 0 aliphatic rings. The van der Waals surface area contributed by atoms with E-state index in [2.05, 4.69) is 6.92 Å². The van der Waals surface area contributed by atoms with Gasteiger partial charge >= 0.3 is 5.97 Å². The lowest BCUT2D eigenvalue weighted by molar-refractivity contribution is -0.138. The largest absolute Gasteiger partial charge is 0.508 e. The molecule has 0 heterocycles. The number of phenols is 1. The Morgan fingerprint density at radius 3 is 2.30 bits per heavy atom. The third-order valence-corrected chi connectivity index (χ3v) is 3.44. The fourth-order valence-corrected chi connectivity index (χ4v) is 2.24. The predicted molar refractivity (Wildman–Crippen MR) is 78.0 cm³/mol.